The molecule has 0 saturated carbocycles. The van der Waals surface area contributed by atoms with Gasteiger partial charge in [0.1, 0.15) is 17.7 Å². The van der Waals surface area contributed by atoms with Crippen LogP contribution in [0.25, 0.3) is 0 Å². The summed E-state index contributed by atoms with van der Waals surface area (Å²) in [6.45, 7) is 3.63. The first-order chi connectivity index (χ1) is 7.00. The number of hydrogen-bond donors (Lipinski definition) is 1. The number of halogens is 2. The van der Waals surface area contributed by atoms with Crippen LogP contribution in [0, 0.1) is 11.6 Å². The van der Waals surface area contributed by atoms with E-state index in [9.17, 15) is 13.9 Å². The highest BCUT2D eigenvalue weighted by Crippen LogP contribution is 2.18. The summed E-state index contributed by atoms with van der Waals surface area (Å²) < 4.78 is 30.9. The summed E-state index contributed by atoms with van der Waals surface area (Å²) in [4.78, 5) is 0. The topological polar surface area (TPSA) is 29.5 Å². The normalized spacial score (nSPS) is 13.2. The molecule has 4 heteroatoms. The fraction of sp³-hybridized carbons (Fsp3) is 0.455. The first-order valence-electron chi connectivity index (χ1n) is 4.75. The molecular formula is C11H14F2O2. The van der Waals surface area contributed by atoms with Crippen molar-refractivity contribution in [3.8, 4) is 0 Å². The third kappa shape index (κ3) is 3.57. The zero-order chi connectivity index (χ0) is 11.4. The minimum absolute atomic E-state index is 0.000217. The molecule has 0 aromatic heterocycles. The second-order valence-electron chi connectivity index (χ2n) is 3.56. The molecule has 0 saturated heterocycles. The molecular weight excluding hydrogens is 202 g/mol. The Morgan fingerprint density at radius 1 is 1.33 bits per heavy atom. The molecule has 0 radical (unpaired) electrons. The van der Waals surface area contributed by atoms with Crippen LogP contribution in [0.2, 0.25) is 0 Å². The fourth-order valence-corrected chi connectivity index (χ4v) is 1.15. The van der Waals surface area contributed by atoms with Gasteiger partial charge in [-0.3, -0.25) is 0 Å². The van der Waals surface area contributed by atoms with Gasteiger partial charge in [-0.1, -0.05) is 6.07 Å². The van der Waals surface area contributed by atoms with Crippen molar-refractivity contribution in [2.24, 2.45) is 0 Å². The summed E-state index contributed by atoms with van der Waals surface area (Å²) >= 11 is 0. The Labute approximate surface area is 87.5 Å². The second-order valence-corrected chi connectivity index (χ2v) is 3.56. The van der Waals surface area contributed by atoms with Crippen LogP contribution in [-0.4, -0.2) is 17.8 Å². The lowest BCUT2D eigenvalue weighted by atomic mass is 10.1. The van der Waals surface area contributed by atoms with Gasteiger partial charge in [0.25, 0.3) is 0 Å². The number of ether oxygens (including phenoxy) is 1. The SMILES string of the molecule is CC(C)OCC(O)c1ccc(F)cc1F. The molecule has 0 amide bonds. The zero-order valence-corrected chi connectivity index (χ0v) is 8.71. The Hall–Kier alpha value is -1.00. The van der Waals surface area contributed by atoms with E-state index in [0.717, 1.165) is 12.1 Å². The molecule has 1 aromatic rings. The fourth-order valence-electron chi connectivity index (χ4n) is 1.15. The lowest BCUT2D eigenvalue weighted by molar-refractivity contribution is 0.00356. The molecule has 0 heterocycles. The maximum absolute atomic E-state index is 13.2. The molecule has 1 N–H and O–H groups in total. The molecule has 0 spiro atoms. The van der Waals surface area contributed by atoms with Crippen molar-refractivity contribution in [1.82, 2.24) is 0 Å². The molecule has 1 unspecified atom stereocenters. The largest absolute Gasteiger partial charge is 0.386 e. The highest BCUT2D eigenvalue weighted by Gasteiger charge is 2.14. The Morgan fingerprint density at radius 3 is 2.53 bits per heavy atom. The summed E-state index contributed by atoms with van der Waals surface area (Å²) in [5.41, 5.74) is 0.0528. The summed E-state index contributed by atoms with van der Waals surface area (Å²) in [5, 5.41) is 9.55. The quantitative estimate of drug-likeness (QED) is 0.837. The van der Waals surface area contributed by atoms with Gasteiger partial charge in [-0.2, -0.15) is 0 Å². The number of hydrogen-bond acceptors (Lipinski definition) is 2. The summed E-state index contributed by atoms with van der Waals surface area (Å²) in [5.74, 6) is -1.41. The maximum atomic E-state index is 13.2. The first-order valence-corrected chi connectivity index (χ1v) is 4.75. The van der Waals surface area contributed by atoms with E-state index in [4.69, 9.17) is 4.74 Å². The molecule has 15 heavy (non-hydrogen) atoms. The average molecular weight is 216 g/mol. The van der Waals surface area contributed by atoms with Crippen LogP contribution in [-0.2, 0) is 4.74 Å². The van der Waals surface area contributed by atoms with Gasteiger partial charge in [-0.15, -0.1) is 0 Å². The molecule has 0 fully saturated rings. The van der Waals surface area contributed by atoms with Gasteiger partial charge >= 0.3 is 0 Å². The zero-order valence-electron chi connectivity index (χ0n) is 8.71. The molecule has 1 rings (SSSR count). The molecule has 0 aliphatic heterocycles. The van der Waals surface area contributed by atoms with Crippen LogP contribution in [0.1, 0.15) is 25.5 Å². The van der Waals surface area contributed by atoms with Gasteiger partial charge in [-0.25, -0.2) is 8.78 Å². The van der Waals surface area contributed by atoms with E-state index in [-0.39, 0.29) is 18.3 Å². The van der Waals surface area contributed by atoms with Crippen molar-refractivity contribution >= 4 is 0 Å². The van der Waals surface area contributed by atoms with Crippen LogP contribution in [0.4, 0.5) is 8.78 Å². The van der Waals surface area contributed by atoms with E-state index in [2.05, 4.69) is 0 Å². The van der Waals surface area contributed by atoms with Crippen molar-refractivity contribution in [2.75, 3.05) is 6.61 Å². The van der Waals surface area contributed by atoms with Crippen molar-refractivity contribution in [2.45, 2.75) is 26.1 Å². The van der Waals surface area contributed by atoms with Crippen molar-refractivity contribution < 1.29 is 18.6 Å². The van der Waals surface area contributed by atoms with Crippen LogP contribution >= 0.6 is 0 Å². The lowest BCUT2D eigenvalue weighted by Gasteiger charge is -2.14. The number of benzene rings is 1. The van der Waals surface area contributed by atoms with E-state index >= 15 is 0 Å². The predicted octanol–water partition coefficient (Wildman–Crippen LogP) is 2.42. The molecule has 0 aliphatic carbocycles. The number of aliphatic hydroxyl groups is 1. The number of rotatable bonds is 4. The molecule has 84 valence electrons. The smallest absolute Gasteiger partial charge is 0.132 e. The lowest BCUT2D eigenvalue weighted by Crippen LogP contribution is -2.13. The van der Waals surface area contributed by atoms with Gasteiger partial charge in [0.15, 0.2) is 0 Å². The molecule has 2 nitrogen and oxygen atoms in total. The van der Waals surface area contributed by atoms with Gasteiger partial charge in [-0.05, 0) is 19.9 Å². The van der Waals surface area contributed by atoms with E-state index < -0.39 is 17.7 Å². The molecule has 0 aliphatic rings. The first kappa shape index (κ1) is 12.1. The van der Waals surface area contributed by atoms with E-state index in [1.165, 1.54) is 6.07 Å². The van der Waals surface area contributed by atoms with Crippen molar-refractivity contribution in [1.29, 1.82) is 0 Å². The minimum Gasteiger partial charge on any atom is -0.386 e. The Balaban J connectivity index is 2.69. The van der Waals surface area contributed by atoms with Crippen molar-refractivity contribution in [3.63, 3.8) is 0 Å². The van der Waals surface area contributed by atoms with Gasteiger partial charge < -0.3 is 9.84 Å². The molecule has 0 bridgehead atoms. The Kier molecular flexibility index (Phi) is 4.17. The maximum Gasteiger partial charge on any atom is 0.132 e. The van der Waals surface area contributed by atoms with Crippen LogP contribution in [0.3, 0.4) is 0 Å². The molecule has 1 aromatic carbocycles. The molecule has 1 atom stereocenters. The van der Waals surface area contributed by atoms with E-state index in [0.29, 0.717) is 0 Å². The van der Waals surface area contributed by atoms with Crippen LogP contribution in [0.5, 0.6) is 0 Å². The Bertz CT molecular complexity index is 326. The monoisotopic (exact) mass is 216 g/mol. The predicted molar refractivity (Wildman–Crippen MR) is 52.4 cm³/mol. The minimum atomic E-state index is -1.06. The standard InChI is InChI=1S/C11H14F2O2/c1-7(2)15-6-11(14)9-4-3-8(12)5-10(9)13/h3-5,7,11,14H,6H2,1-2H3. The second kappa shape index (κ2) is 5.19. The average Bonchev–Trinajstić information content (AvgIpc) is 2.14. The summed E-state index contributed by atoms with van der Waals surface area (Å²) in [6.07, 6.45) is -1.10. The summed E-state index contributed by atoms with van der Waals surface area (Å²) in [6, 6.07) is 3.07. The highest BCUT2D eigenvalue weighted by atomic mass is 19.1. The van der Waals surface area contributed by atoms with Crippen LogP contribution < -0.4 is 0 Å². The van der Waals surface area contributed by atoms with Crippen LogP contribution in [0.15, 0.2) is 18.2 Å². The Morgan fingerprint density at radius 2 is 2.00 bits per heavy atom. The van der Waals surface area contributed by atoms with Gasteiger partial charge in [0, 0.05) is 11.6 Å². The third-order valence-electron chi connectivity index (χ3n) is 1.91. The highest BCUT2D eigenvalue weighted by molar-refractivity contribution is 5.20. The van der Waals surface area contributed by atoms with E-state index in [1.54, 1.807) is 0 Å². The van der Waals surface area contributed by atoms with Crippen molar-refractivity contribution in [3.05, 3.63) is 35.4 Å². The van der Waals surface area contributed by atoms with E-state index in [1.807, 2.05) is 13.8 Å². The van der Waals surface area contributed by atoms with Gasteiger partial charge in [0.05, 0.1) is 12.7 Å². The van der Waals surface area contributed by atoms with Gasteiger partial charge in [0.2, 0.25) is 0 Å². The third-order valence-corrected chi connectivity index (χ3v) is 1.91. The number of aliphatic hydroxyl groups excluding tert-OH is 1. The summed E-state index contributed by atoms with van der Waals surface area (Å²) in [7, 11) is 0.